The molecule has 7 aromatic carbocycles. The minimum absolute atomic E-state index is 0.0785. The Balaban J connectivity index is 0.000000909. The molecule has 0 amide bonds. The molecule has 11 heteroatoms. The van der Waals surface area contributed by atoms with Crippen molar-refractivity contribution in [2.45, 2.75) is 37.0 Å². The van der Waals surface area contributed by atoms with Gasteiger partial charge in [-0.15, -0.1) is 0 Å². The number of aryl methyl sites for hydroxylation is 1. The zero-order chi connectivity index (χ0) is 43.3. The number of benzene rings is 7. The summed E-state index contributed by atoms with van der Waals surface area (Å²) < 4.78 is 64.5. The van der Waals surface area contributed by atoms with Crippen LogP contribution in [-0.2, 0) is 26.4 Å². The maximum absolute atomic E-state index is 13.4. The fourth-order valence-electron chi connectivity index (χ4n) is 5.77. The number of ketones is 2. The largest absolute Gasteiger partial charge is 0.457 e. The molecule has 0 bridgehead atoms. The lowest BCUT2D eigenvalue weighted by Gasteiger charge is -2.10. The van der Waals surface area contributed by atoms with Gasteiger partial charge < -0.3 is 9.47 Å². The van der Waals surface area contributed by atoms with Gasteiger partial charge in [-0.3, -0.25) is 14.1 Å². The Bertz CT molecular complexity index is 2710. The molecule has 0 unspecified atom stereocenters. The Hall–Kier alpha value is -6.66. The molecule has 60 heavy (non-hydrogen) atoms. The number of rotatable bonds is 12. The number of hydrogen-bond acceptors (Lipinski definition) is 8. The van der Waals surface area contributed by atoms with Crippen LogP contribution in [0.4, 0.5) is 0 Å². The molecule has 7 aromatic rings. The SMILES string of the molecule is CC.CS(=O)(=O)O.Cc1ccc(C(=O)c2ccc(Oc3ccc(S(=O)(=O)c4ccc(Oc5ccc(C(=O)c6ccc(Cc7ccccc7)cc6)cc5)cc4)cc3)cc2)cc1. The van der Waals surface area contributed by atoms with Crippen molar-refractivity contribution in [1.82, 2.24) is 0 Å². The molecule has 0 atom stereocenters. The van der Waals surface area contributed by atoms with E-state index >= 15 is 0 Å². The van der Waals surface area contributed by atoms with Gasteiger partial charge in [0.1, 0.15) is 23.0 Å². The Morgan fingerprint density at radius 2 is 0.733 bits per heavy atom. The minimum atomic E-state index is -3.81. The summed E-state index contributed by atoms with van der Waals surface area (Å²) in [6, 6.07) is 51.2. The normalized spacial score (nSPS) is 10.9. The molecule has 0 spiro atoms. The van der Waals surface area contributed by atoms with Crippen LogP contribution in [0, 0.1) is 6.92 Å². The summed E-state index contributed by atoms with van der Waals surface area (Å²) in [5, 5.41) is 0. The highest BCUT2D eigenvalue weighted by Crippen LogP contribution is 2.29. The van der Waals surface area contributed by atoms with Crippen LogP contribution in [0.3, 0.4) is 0 Å². The first-order valence-corrected chi connectivity index (χ1v) is 22.3. The van der Waals surface area contributed by atoms with Crippen LogP contribution in [0.2, 0.25) is 0 Å². The van der Waals surface area contributed by atoms with Gasteiger partial charge in [-0.25, -0.2) is 8.42 Å². The second-order valence-electron chi connectivity index (χ2n) is 13.3. The zero-order valence-corrected chi connectivity index (χ0v) is 35.1. The quantitative estimate of drug-likeness (QED) is 0.0940. The molecular weight excluding hydrogens is 797 g/mol. The fourth-order valence-corrected chi connectivity index (χ4v) is 7.04. The van der Waals surface area contributed by atoms with Gasteiger partial charge in [0.05, 0.1) is 16.0 Å². The summed E-state index contributed by atoms with van der Waals surface area (Å²) in [7, 11) is -7.48. The van der Waals surface area contributed by atoms with Crippen molar-refractivity contribution in [3.8, 4) is 23.0 Å². The number of ether oxygens (including phenoxy) is 2. The first kappa shape index (κ1) is 44.4. The lowest BCUT2D eigenvalue weighted by Crippen LogP contribution is -2.02. The van der Waals surface area contributed by atoms with Crippen LogP contribution in [0.25, 0.3) is 0 Å². The third-order valence-corrected chi connectivity index (χ3v) is 10.5. The molecule has 0 fully saturated rings. The molecule has 0 radical (unpaired) electrons. The summed E-state index contributed by atoms with van der Waals surface area (Å²) in [5.41, 5.74) is 5.72. The molecule has 7 rings (SSSR count). The van der Waals surface area contributed by atoms with Crippen molar-refractivity contribution in [3.05, 3.63) is 215 Å². The van der Waals surface area contributed by atoms with Gasteiger partial charge in [-0.05, 0) is 122 Å². The number of hydrogen-bond donors (Lipinski definition) is 1. The zero-order valence-electron chi connectivity index (χ0n) is 33.5. The molecule has 0 aliphatic heterocycles. The van der Waals surface area contributed by atoms with E-state index in [2.05, 4.69) is 12.1 Å². The predicted octanol–water partition coefficient (Wildman–Crippen LogP) is 11.0. The maximum atomic E-state index is 13.4. The smallest absolute Gasteiger partial charge is 0.261 e. The number of carbonyl (C=O) groups is 2. The Morgan fingerprint density at radius 3 is 1.08 bits per heavy atom. The number of carbonyl (C=O) groups excluding carboxylic acids is 2. The van der Waals surface area contributed by atoms with Crippen molar-refractivity contribution in [2.75, 3.05) is 6.26 Å². The monoisotopic (exact) mass is 840 g/mol. The second kappa shape index (κ2) is 20.3. The van der Waals surface area contributed by atoms with Gasteiger partial charge in [-0.2, -0.15) is 8.42 Å². The summed E-state index contributed by atoms with van der Waals surface area (Å²) >= 11 is 0. The Labute approximate surface area is 351 Å². The summed E-state index contributed by atoms with van der Waals surface area (Å²) in [6.45, 7) is 5.97. The minimum Gasteiger partial charge on any atom is -0.457 e. The van der Waals surface area contributed by atoms with Gasteiger partial charge in [-0.1, -0.05) is 98.3 Å². The molecule has 0 aromatic heterocycles. The second-order valence-corrected chi connectivity index (χ2v) is 16.7. The average Bonchev–Trinajstić information content (AvgIpc) is 3.25. The molecule has 0 aliphatic carbocycles. The topological polar surface area (TPSA) is 141 Å². The summed E-state index contributed by atoms with van der Waals surface area (Å²) in [6.07, 6.45) is 1.52. The van der Waals surface area contributed by atoms with E-state index < -0.39 is 20.0 Å². The van der Waals surface area contributed by atoms with Crippen LogP contribution >= 0.6 is 0 Å². The van der Waals surface area contributed by atoms with Crippen molar-refractivity contribution in [3.63, 3.8) is 0 Å². The van der Waals surface area contributed by atoms with E-state index in [1.54, 1.807) is 84.9 Å². The van der Waals surface area contributed by atoms with E-state index in [-0.39, 0.29) is 21.4 Å². The Morgan fingerprint density at radius 1 is 0.450 bits per heavy atom. The third kappa shape index (κ3) is 12.7. The van der Waals surface area contributed by atoms with Crippen molar-refractivity contribution in [1.29, 1.82) is 0 Å². The molecule has 306 valence electrons. The van der Waals surface area contributed by atoms with Crippen molar-refractivity contribution < 1.29 is 40.5 Å². The van der Waals surface area contributed by atoms with Crippen LogP contribution in [0.15, 0.2) is 186 Å². The lowest BCUT2D eigenvalue weighted by atomic mass is 9.99. The fraction of sp³-hybridized carbons (Fsp3) is 0.102. The van der Waals surface area contributed by atoms with Crippen LogP contribution in [0.5, 0.6) is 23.0 Å². The van der Waals surface area contributed by atoms with E-state index in [1.807, 2.05) is 75.4 Å². The maximum Gasteiger partial charge on any atom is 0.261 e. The number of sulfone groups is 1. The van der Waals surface area contributed by atoms with Gasteiger partial charge in [0.2, 0.25) is 9.84 Å². The molecule has 1 N–H and O–H groups in total. The molecule has 9 nitrogen and oxygen atoms in total. The van der Waals surface area contributed by atoms with E-state index in [9.17, 15) is 26.4 Å². The lowest BCUT2D eigenvalue weighted by molar-refractivity contribution is 0.103. The van der Waals surface area contributed by atoms with Crippen LogP contribution < -0.4 is 9.47 Å². The van der Waals surface area contributed by atoms with E-state index in [4.69, 9.17) is 14.0 Å². The van der Waals surface area contributed by atoms with Crippen molar-refractivity contribution in [2.24, 2.45) is 0 Å². The van der Waals surface area contributed by atoms with Crippen LogP contribution in [0.1, 0.15) is 62.4 Å². The van der Waals surface area contributed by atoms with E-state index in [0.29, 0.717) is 51.5 Å². The highest BCUT2D eigenvalue weighted by Gasteiger charge is 2.18. The van der Waals surface area contributed by atoms with Crippen molar-refractivity contribution >= 4 is 31.5 Å². The summed E-state index contributed by atoms with van der Waals surface area (Å²) in [4.78, 5) is 26.1. The van der Waals surface area contributed by atoms with Gasteiger partial charge in [0.25, 0.3) is 10.1 Å². The first-order valence-electron chi connectivity index (χ1n) is 18.9. The van der Waals surface area contributed by atoms with Crippen LogP contribution in [-0.4, -0.2) is 39.2 Å². The highest BCUT2D eigenvalue weighted by molar-refractivity contribution is 7.91. The molecule has 0 heterocycles. The van der Waals surface area contributed by atoms with Gasteiger partial charge in [0.15, 0.2) is 11.6 Å². The molecular formula is C49H44O9S2. The molecule has 0 saturated carbocycles. The molecule has 0 saturated heterocycles. The van der Waals surface area contributed by atoms with E-state index in [0.717, 1.165) is 17.5 Å². The first-order chi connectivity index (χ1) is 28.7. The Kier molecular flexibility index (Phi) is 15.1. The average molecular weight is 841 g/mol. The molecule has 0 aliphatic rings. The standard InChI is InChI=1S/C46H34O6S.C2H6.CH4O3S/c1-32-7-11-35(12-8-32)45(47)37-15-19-39(20-16-37)51-41-23-27-43(28-24-41)53(49,50)44-29-25-42(26-30-44)52-40-21-17-38(18-22-40)46(48)36-13-9-34(10-14-36)31-33-5-3-2-4-6-33;1-2;1-5(2,3)4/h2-30H,31H2,1H3;1-2H3;1H3,(H,2,3,4). The third-order valence-electron chi connectivity index (χ3n) is 8.75. The highest BCUT2D eigenvalue weighted by atomic mass is 32.2. The predicted molar refractivity (Wildman–Crippen MR) is 234 cm³/mol. The van der Waals surface area contributed by atoms with E-state index in [1.165, 1.54) is 29.8 Å². The summed E-state index contributed by atoms with van der Waals surface area (Å²) in [5.74, 6) is 1.77. The van der Waals surface area contributed by atoms with Gasteiger partial charge in [0, 0.05) is 22.3 Å². The van der Waals surface area contributed by atoms with Gasteiger partial charge >= 0.3 is 0 Å².